The molecule has 0 spiro atoms. The molecule has 1 aromatic rings. The summed E-state index contributed by atoms with van der Waals surface area (Å²) in [5.41, 5.74) is 0.741. The Kier molecular flexibility index (Phi) is 11.1. The highest BCUT2D eigenvalue weighted by molar-refractivity contribution is 7.80. The van der Waals surface area contributed by atoms with Crippen molar-refractivity contribution in [1.82, 2.24) is 10.6 Å². The van der Waals surface area contributed by atoms with E-state index in [2.05, 4.69) is 22.9 Å². The average Bonchev–Trinajstić information content (AvgIpc) is 2.59. The van der Waals surface area contributed by atoms with E-state index in [9.17, 15) is 4.79 Å². The summed E-state index contributed by atoms with van der Waals surface area (Å²) in [4.78, 5) is 12.1. The molecule has 5 nitrogen and oxygen atoms in total. The van der Waals surface area contributed by atoms with E-state index in [-0.39, 0.29) is 11.0 Å². The Hall–Kier alpha value is -0.950. The van der Waals surface area contributed by atoms with Gasteiger partial charge in [0.15, 0.2) is 5.11 Å². The van der Waals surface area contributed by atoms with Crippen LogP contribution in [0.25, 0.3) is 0 Å². The van der Waals surface area contributed by atoms with Crippen molar-refractivity contribution in [2.24, 2.45) is 0 Å². The molecule has 0 radical (unpaired) electrons. The minimum atomic E-state index is -1.76. The maximum absolute atomic E-state index is 12.1. The SMILES string of the molecule is CCCCCCC(=O)N[C@H](NC(=S)Nc1ccc(OCC)cc1)C(Cl)(Cl)Cl. The maximum atomic E-state index is 12.1. The van der Waals surface area contributed by atoms with Crippen LogP contribution in [0.4, 0.5) is 5.69 Å². The zero-order valence-electron chi connectivity index (χ0n) is 15.5. The molecule has 0 saturated carbocycles. The number of carbonyl (C=O) groups is 1. The van der Waals surface area contributed by atoms with E-state index in [0.717, 1.165) is 37.1 Å². The molecule has 0 bridgehead atoms. The van der Waals surface area contributed by atoms with E-state index in [1.807, 2.05) is 31.2 Å². The van der Waals surface area contributed by atoms with Gasteiger partial charge in [-0.05, 0) is 49.8 Å². The molecule has 152 valence electrons. The Labute approximate surface area is 181 Å². The number of alkyl halides is 3. The number of nitrogens with one attached hydrogen (secondary N) is 3. The summed E-state index contributed by atoms with van der Waals surface area (Å²) in [6, 6.07) is 7.27. The predicted molar refractivity (Wildman–Crippen MR) is 118 cm³/mol. The number of thiocarbonyl (C=S) groups is 1. The van der Waals surface area contributed by atoms with E-state index in [1.54, 1.807) is 0 Å². The summed E-state index contributed by atoms with van der Waals surface area (Å²) in [5, 5.41) is 8.73. The molecule has 0 saturated heterocycles. The normalized spacial score (nSPS) is 12.2. The molecule has 27 heavy (non-hydrogen) atoms. The molecular weight excluding hydrogens is 429 g/mol. The maximum Gasteiger partial charge on any atom is 0.228 e. The zero-order valence-corrected chi connectivity index (χ0v) is 18.6. The van der Waals surface area contributed by atoms with Crippen molar-refractivity contribution in [1.29, 1.82) is 0 Å². The van der Waals surface area contributed by atoms with E-state index in [0.29, 0.717) is 13.0 Å². The lowest BCUT2D eigenvalue weighted by Gasteiger charge is -2.27. The number of carbonyl (C=O) groups excluding carboxylic acids is 1. The quantitative estimate of drug-likeness (QED) is 0.197. The van der Waals surface area contributed by atoms with Crippen molar-refractivity contribution in [2.45, 2.75) is 55.9 Å². The number of anilines is 1. The number of unbranched alkanes of at least 4 members (excludes halogenated alkanes) is 3. The second-order valence-corrected chi connectivity index (χ2v) is 8.69. The first kappa shape index (κ1) is 24.1. The molecule has 3 N–H and O–H groups in total. The second-order valence-electron chi connectivity index (χ2n) is 5.91. The summed E-state index contributed by atoms with van der Waals surface area (Å²) in [5.74, 6) is 0.565. The van der Waals surface area contributed by atoms with E-state index in [1.165, 1.54) is 0 Å². The van der Waals surface area contributed by atoms with Gasteiger partial charge < -0.3 is 20.7 Å². The molecule has 0 aromatic heterocycles. The van der Waals surface area contributed by atoms with Crippen LogP contribution in [0.1, 0.15) is 46.0 Å². The van der Waals surface area contributed by atoms with Crippen LogP contribution < -0.4 is 20.7 Å². The van der Waals surface area contributed by atoms with Crippen molar-refractivity contribution in [3.63, 3.8) is 0 Å². The minimum absolute atomic E-state index is 0.196. The fourth-order valence-electron chi connectivity index (χ4n) is 2.24. The van der Waals surface area contributed by atoms with Crippen LogP contribution in [-0.4, -0.2) is 27.6 Å². The van der Waals surface area contributed by atoms with E-state index >= 15 is 0 Å². The minimum Gasteiger partial charge on any atom is -0.494 e. The lowest BCUT2D eigenvalue weighted by Crippen LogP contribution is -2.56. The number of amides is 1. The topological polar surface area (TPSA) is 62.4 Å². The van der Waals surface area contributed by atoms with Crippen LogP contribution in [0.3, 0.4) is 0 Å². The summed E-state index contributed by atoms with van der Waals surface area (Å²) in [6.45, 7) is 4.62. The largest absolute Gasteiger partial charge is 0.494 e. The van der Waals surface area contributed by atoms with Gasteiger partial charge >= 0.3 is 0 Å². The highest BCUT2D eigenvalue weighted by Gasteiger charge is 2.34. The van der Waals surface area contributed by atoms with Gasteiger partial charge in [-0.3, -0.25) is 4.79 Å². The third-order valence-electron chi connectivity index (χ3n) is 3.59. The van der Waals surface area contributed by atoms with Gasteiger partial charge in [0.2, 0.25) is 9.70 Å². The Bertz CT molecular complexity index is 595. The highest BCUT2D eigenvalue weighted by Crippen LogP contribution is 2.29. The molecule has 1 aromatic carbocycles. The molecule has 9 heteroatoms. The number of halogens is 3. The lowest BCUT2D eigenvalue weighted by atomic mass is 10.1. The van der Waals surface area contributed by atoms with Crippen molar-refractivity contribution in [3.8, 4) is 5.75 Å². The van der Waals surface area contributed by atoms with Gasteiger partial charge in [0.1, 0.15) is 11.9 Å². The summed E-state index contributed by atoms with van der Waals surface area (Å²) >= 11 is 23.2. The predicted octanol–water partition coefficient (Wildman–Crippen LogP) is 5.15. The van der Waals surface area contributed by atoms with Gasteiger partial charge in [0.05, 0.1) is 6.61 Å². The van der Waals surface area contributed by atoms with Crippen molar-refractivity contribution >= 4 is 63.7 Å². The second kappa shape index (κ2) is 12.5. The standard InChI is InChI=1S/C18H26Cl3N3O2S/c1-3-5-6-7-8-15(25)23-16(18(19,20)21)24-17(27)22-13-9-11-14(12-10-13)26-4-2/h9-12,16H,3-8H2,1-2H3,(H,23,25)(H2,22,24,27)/t16-/m1/s1. The molecule has 0 fully saturated rings. The van der Waals surface area contributed by atoms with Gasteiger partial charge in [-0.15, -0.1) is 0 Å². The van der Waals surface area contributed by atoms with Gasteiger partial charge in [-0.2, -0.15) is 0 Å². The first-order valence-corrected chi connectivity index (χ1v) is 10.5. The number of hydrogen-bond donors (Lipinski definition) is 3. The van der Waals surface area contributed by atoms with Gasteiger partial charge in [0.25, 0.3) is 0 Å². The number of benzene rings is 1. The molecular formula is C18H26Cl3N3O2S. The molecule has 0 heterocycles. The van der Waals surface area contributed by atoms with Crippen molar-refractivity contribution in [3.05, 3.63) is 24.3 Å². The third kappa shape index (κ3) is 10.2. The van der Waals surface area contributed by atoms with Crippen molar-refractivity contribution in [2.75, 3.05) is 11.9 Å². The van der Waals surface area contributed by atoms with Gasteiger partial charge in [0, 0.05) is 12.1 Å². The molecule has 1 atom stereocenters. The van der Waals surface area contributed by atoms with E-state index < -0.39 is 9.96 Å². The molecule has 0 aliphatic rings. The fourth-order valence-corrected chi connectivity index (χ4v) is 2.81. The molecule has 0 aliphatic carbocycles. The van der Waals surface area contributed by atoms with Crippen LogP contribution in [-0.2, 0) is 4.79 Å². The Balaban J connectivity index is 2.57. The monoisotopic (exact) mass is 453 g/mol. The zero-order chi connectivity index (χ0) is 20.3. The number of hydrogen-bond acceptors (Lipinski definition) is 3. The third-order valence-corrected chi connectivity index (χ3v) is 4.46. The molecule has 1 amide bonds. The van der Waals surface area contributed by atoms with Crippen molar-refractivity contribution < 1.29 is 9.53 Å². The average molecular weight is 455 g/mol. The first-order chi connectivity index (χ1) is 12.8. The first-order valence-electron chi connectivity index (χ1n) is 8.92. The molecule has 0 unspecified atom stereocenters. The summed E-state index contributed by atoms with van der Waals surface area (Å²) in [6.07, 6.45) is 3.40. The summed E-state index contributed by atoms with van der Waals surface area (Å²) < 4.78 is 3.63. The smallest absolute Gasteiger partial charge is 0.228 e. The van der Waals surface area contributed by atoms with Crippen LogP contribution >= 0.6 is 47.0 Å². The van der Waals surface area contributed by atoms with Crippen LogP contribution in [0.2, 0.25) is 0 Å². The molecule has 0 aliphatic heterocycles. The van der Waals surface area contributed by atoms with Gasteiger partial charge in [-0.1, -0.05) is 61.0 Å². The van der Waals surface area contributed by atoms with E-state index in [4.69, 9.17) is 51.8 Å². The van der Waals surface area contributed by atoms with Gasteiger partial charge in [-0.25, -0.2) is 0 Å². The highest BCUT2D eigenvalue weighted by atomic mass is 35.6. The van der Waals surface area contributed by atoms with Crippen LogP contribution in [0, 0.1) is 0 Å². The number of ether oxygens (including phenoxy) is 1. The fraction of sp³-hybridized carbons (Fsp3) is 0.556. The Morgan fingerprint density at radius 2 is 1.78 bits per heavy atom. The van der Waals surface area contributed by atoms with Crippen LogP contribution in [0.5, 0.6) is 5.75 Å². The Morgan fingerprint density at radius 1 is 1.11 bits per heavy atom. The van der Waals surface area contributed by atoms with Crippen LogP contribution in [0.15, 0.2) is 24.3 Å². The summed E-state index contributed by atoms with van der Waals surface area (Å²) in [7, 11) is 0. The Morgan fingerprint density at radius 3 is 2.33 bits per heavy atom. The lowest BCUT2D eigenvalue weighted by molar-refractivity contribution is -0.122. The number of rotatable bonds is 10. The molecule has 1 rings (SSSR count).